The second-order valence-corrected chi connectivity index (χ2v) is 31.1. The van der Waals surface area contributed by atoms with Gasteiger partial charge < -0.3 is 9.80 Å². The highest BCUT2D eigenvalue weighted by Crippen LogP contribution is 2.54. The van der Waals surface area contributed by atoms with Gasteiger partial charge in [-0.3, -0.25) is 9.59 Å². The van der Waals surface area contributed by atoms with Crippen LogP contribution in [0.2, 0.25) is 0 Å². The number of amides is 2. The molecule has 9 rings (SSSR count). The van der Waals surface area contributed by atoms with Crippen LogP contribution in [-0.4, -0.2) is 34.7 Å². The number of thiophene rings is 6. The normalized spacial score (nSPS) is 16.5. The third-order valence-electron chi connectivity index (χ3n) is 16.0. The quantitative estimate of drug-likeness (QED) is 0.0599. The van der Waals surface area contributed by atoms with Crippen molar-refractivity contribution in [2.24, 2.45) is 23.7 Å². The Hall–Kier alpha value is -3.12. The first-order chi connectivity index (χ1) is 35.2. The lowest BCUT2D eigenvalue weighted by atomic mass is 9.89. The summed E-state index contributed by atoms with van der Waals surface area (Å²) in [5.41, 5.74) is 6.19. The molecule has 0 N–H and O–H groups in total. The molecule has 10 heteroatoms. The molecule has 2 aliphatic heterocycles. The van der Waals surface area contributed by atoms with Gasteiger partial charge in [-0.1, -0.05) is 161 Å². The molecular weight excluding hydrogens is 1020 g/mol. The molecule has 2 amide bonds. The minimum atomic E-state index is 0.00243. The zero-order chi connectivity index (χ0) is 53.0. The zero-order valence-corrected chi connectivity index (χ0v) is 52.1. The fourth-order valence-corrected chi connectivity index (χ4v) is 18.7. The summed E-state index contributed by atoms with van der Waals surface area (Å²) >= 11 is 11.3. The van der Waals surface area contributed by atoms with Crippen LogP contribution in [-0.2, 0) is 33.3 Å². The lowest BCUT2D eigenvalue weighted by Crippen LogP contribution is -2.33. The standard InChI is InChI=1S/C64H84N2O2S6/c1-15-19-21-23-25-39(7)35-65-57(55-56(62(65)68)58(66(61(55)67)36-40(8)26-24-22-20-16-2)52-33-49-50(71-52)34-54(72-49)64(12,13)14)51-32-48-47(70-51)31-46(69-48)45-29-43-41(27-37(5)17-3)60-44(30-53(74-60)63(9,10)11)42(59(43)73-45)28-38(6)18-4/h29-34,37-40H,15-28,35-36H2,1-14H3. The van der Waals surface area contributed by atoms with E-state index in [-0.39, 0.29) is 22.6 Å². The molecule has 0 aliphatic carbocycles. The smallest absolute Gasteiger partial charge is 0.261 e. The fourth-order valence-electron chi connectivity index (χ4n) is 11.1. The molecule has 0 spiro atoms. The van der Waals surface area contributed by atoms with E-state index >= 15 is 9.59 Å². The molecule has 0 radical (unpaired) electrons. The number of nitrogens with zero attached hydrogens (tertiary/aromatic N) is 2. The average Bonchev–Trinajstić information content (AvgIpc) is 4.22. The third-order valence-corrected chi connectivity index (χ3v) is 24.1. The second-order valence-electron chi connectivity index (χ2n) is 24.7. The van der Waals surface area contributed by atoms with Crippen molar-refractivity contribution in [3.63, 3.8) is 0 Å². The van der Waals surface area contributed by atoms with Crippen molar-refractivity contribution in [3.05, 3.63) is 78.2 Å². The average molecular weight is 1110 g/mol. The number of hydrogen-bond acceptors (Lipinski definition) is 8. The first kappa shape index (κ1) is 55.6. The maximum atomic E-state index is 15.5. The summed E-state index contributed by atoms with van der Waals surface area (Å²) < 4.78 is 7.93. The first-order valence-corrected chi connectivity index (χ1v) is 33.4. The Kier molecular flexibility index (Phi) is 17.1. The summed E-state index contributed by atoms with van der Waals surface area (Å²) in [5.74, 6) is 1.82. The SMILES string of the molecule is CCCCCCC(C)CN1C(=O)C2=C(c3cc4sc(C(C)(C)C)cc4s3)N(CC(C)CCCCCC)C(=O)C2=C1c1cc2sc(-c3cc4c(CC(C)CC)c5sc(C(C)(C)C)cc5c(CC(C)CC)c4s3)cc2s1. The maximum absolute atomic E-state index is 15.5. The van der Waals surface area contributed by atoms with Gasteiger partial charge >= 0.3 is 0 Å². The van der Waals surface area contributed by atoms with Crippen LogP contribution in [0, 0.1) is 23.7 Å². The van der Waals surface area contributed by atoms with E-state index in [4.69, 9.17) is 0 Å². The summed E-state index contributed by atoms with van der Waals surface area (Å²) in [7, 11) is 0. The number of benzene rings is 1. The molecule has 0 bridgehead atoms. The van der Waals surface area contributed by atoms with Crippen LogP contribution < -0.4 is 0 Å². The topological polar surface area (TPSA) is 40.6 Å². The van der Waals surface area contributed by atoms with Gasteiger partial charge in [0.15, 0.2) is 0 Å². The van der Waals surface area contributed by atoms with Gasteiger partial charge in [-0.2, -0.15) is 0 Å². The van der Waals surface area contributed by atoms with E-state index < -0.39 is 0 Å². The largest absolute Gasteiger partial charge is 0.306 e. The van der Waals surface area contributed by atoms with Crippen molar-refractivity contribution in [1.82, 2.24) is 9.80 Å². The van der Waals surface area contributed by atoms with E-state index in [1.165, 1.54) is 110 Å². The molecule has 6 aromatic heterocycles. The molecule has 0 fully saturated rings. The van der Waals surface area contributed by atoms with Crippen molar-refractivity contribution < 1.29 is 9.59 Å². The third kappa shape index (κ3) is 11.1. The fraction of sp³-hybridized carbons (Fsp3) is 0.562. The summed E-state index contributed by atoms with van der Waals surface area (Å²) in [4.78, 5) is 42.7. The molecule has 74 heavy (non-hydrogen) atoms. The Morgan fingerprint density at radius 2 is 0.851 bits per heavy atom. The van der Waals surface area contributed by atoms with Gasteiger partial charge in [0.05, 0.1) is 32.3 Å². The van der Waals surface area contributed by atoms with E-state index in [2.05, 4.69) is 133 Å². The Bertz CT molecular complexity index is 3100. The molecule has 4 nitrogen and oxygen atoms in total. The van der Waals surface area contributed by atoms with Crippen LogP contribution in [0.1, 0.15) is 205 Å². The van der Waals surface area contributed by atoms with Gasteiger partial charge in [-0.25, -0.2) is 0 Å². The molecule has 0 saturated heterocycles. The molecule has 1 aromatic carbocycles. The number of carbonyl (C=O) groups excluding carboxylic acids is 2. The van der Waals surface area contributed by atoms with E-state index in [0.717, 1.165) is 59.7 Å². The van der Waals surface area contributed by atoms with Crippen molar-refractivity contribution in [3.8, 4) is 9.75 Å². The van der Waals surface area contributed by atoms with Crippen LogP contribution in [0.5, 0.6) is 0 Å². The minimum Gasteiger partial charge on any atom is -0.306 e. The van der Waals surface area contributed by atoms with Crippen molar-refractivity contribution >= 4 is 130 Å². The van der Waals surface area contributed by atoms with Gasteiger partial charge in [0.2, 0.25) is 0 Å². The molecule has 4 unspecified atom stereocenters. The molecule has 398 valence electrons. The van der Waals surface area contributed by atoms with Gasteiger partial charge in [-0.05, 0) is 118 Å². The molecule has 7 aromatic rings. The number of carbonyl (C=O) groups is 2. The monoisotopic (exact) mass is 1100 g/mol. The molecule has 4 atom stereocenters. The minimum absolute atomic E-state index is 0.00243. The van der Waals surface area contributed by atoms with Crippen molar-refractivity contribution in [2.75, 3.05) is 13.1 Å². The predicted molar refractivity (Wildman–Crippen MR) is 332 cm³/mol. The van der Waals surface area contributed by atoms with E-state index in [1.807, 2.05) is 55.1 Å². The highest BCUT2D eigenvalue weighted by Gasteiger charge is 2.50. The van der Waals surface area contributed by atoms with Gasteiger partial charge in [0.1, 0.15) is 0 Å². The van der Waals surface area contributed by atoms with Gasteiger partial charge in [-0.15, -0.1) is 68.0 Å². The Morgan fingerprint density at radius 1 is 0.446 bits per heavy atom. The number of hydrogen-bond donors (Lipinski definition) is 0. The summed E-state index contributed by atoms with van der Waals surface area (Å²) in [6.07, 6.45) is 16.3. The van der Waals surface area contributed by atoms with Gasteiger partial charge in [0, 0.05) is 60.8 Å². The number of rotatable bonds is 23. The summed E-state index contributed by atoms with van der Waals surface area (Å²) in [6.45, 7) is 33.8. The molecule has 0 saturated carbocycles. The lowest BCUT2D eigenvalue weighted by molar-refractivity contribution is -0.124. The van der Waals surface area contributed by atoms with Crippen LogP contribution in [0.4, 0.5) is 0 Å². The van der Waals surface area contributed by atoms with Crippen LogP contribution in [0.15, 0.2) is 47.5 Å². The summed E-state index contributed by atoms with van der Waals surface area (Å²) in [5, 5.41) is 2.95. The molecule has 2 aliphatic rings. The van der Waals surface area contributed by atoms with E-state index in [1.54, 1.807) is 33.8 Å². The Morgan fingerprint density at radius 3 is 1.31 bits per heavy atom. The van der Waals surface area contributed by atoms with E-state index in [9.17, 15) is 0 Å². The maximum Gasteiger partial charge on any atom is 0.261 e. The highest BCUT2D eigenvalue weighted by molar-refractivity contribution is 7.32. The number of fused-ring (bicyclic) bond motifs is 5. The summed E-state index contributed by atoms with van der Waals surface area (Å²) in [6, 6.07) is 14.5. The van der Waals surface area contributed by atoms with Crippen molar-refractivity contribution in [1.29, 1.82) is 0 Å². The highest BCUT2D eigenvalue weighted by atomic mass is 32.1. The Balaban J connectivity index is 1.16. The first-order valence-electron chi connectivity index (χ1n) is 28.5. The zero-order valence-electron chi connectivity index (χ0n) is 47.2. The lowest BCUT2D eigenvalue weighted by Gasteiger charge is -2.27. The van der Waals surface area contributed by atoms with Crippen molar-refractivity contribution in [2.45, 2.75) is 198 Å². The Labute approximate surface area is 468 Å². The molecular formula is C64H84N2O2S6. The predicted octanol–water partition coefficient (Wildman–Crippen LogP) is 21.1. The second kappa shape index (κ2) is 22.7. The van der Waals surface area contributed by atoms with Crippen LogP contribution >= 0.6 is 68.0 Å². The van der Waals surface area contributed by atoms with E-state index in [0.29, 0.717) is 47.9 Å². The van der Waals surface area contributed by atoms with Crippen LogP contribution in [0.25, 0.3) is 60.1 Å². The molecule has 8 heterocycles. The number of unbranched alkanes of at least 4 members (excludes halogenated alkanes) is 6. The van der Waals surface area contributed by atoms with Crippen LogP contribution in [0.3, 0.4) is 0 Å². The van der Waals surface area contributed by atoms with Gasteiger partial charge in [0.25, 0.3) is 11.8 Å².